The second-order valence-electron chi connectivity index (χ2n) is 3.59. The van der Waals surface area contributed by atoms with Gasteiger partial charge in [0.05, 0.1) is 11.4 Å². The summed E-state index contributed by atoms with van der Waals surface area (Å²) in [5.74, 6) is 1.81. The Morgan fingerprint density at radius 3 is 3.00 bits per heavy atom. The van der Waals surface area contributed by atoms with Gasteiger partial charge in [0.15, 0.2) is 0 Å². The van der Waals surface area contributed by atoms with E-state index in [1.54, 1.807) is 5.51 Å². The molecule has 1 N–H and O–H groups in total. The molecule has 0 saturated carbocycles. The fraction of sp³-hybridized carbons (Fsp3) is 0.400. The van der Waals surface area contributed by atoms with Crippen LogP contribution in [0, 0.1) is 13.8 Å². The smallest absolute Gasteiger partial charge is 0.236 e. The van der Waals surface area contributed by atoms with E-state index in [4.69, 9.17) is 4.52 Å². The summed E-state index contributed by atoms with van der Waals surface area (Å²) in [5.41, 5.74) is 3.51. The third-order valence-electron chi connectivity index (χ3n) is 2.27. The number of amides is 1. The molecular weight excluding hydrogens is 272 g/mol. The van der Waals surface area contributed by atoms with E-state index in [9.17, 15) is 4.79 Å². The van der Waals surface area contributed by atoms with E-state index in [2.05, 4.69) is 20.7 Å². The van der Waals surface area contributed by atoms with Gasteiger partial charge in [-0.25, -0.2) is 0 Å². The van der Waals surface area contributed by atoms with E-state index < -0.39 is 0 Å². The van der Waals surface area contributed by atoms with Gasteiger partial charge in [0, 0.05) is 11.3 Å². The van der Waals surface area contributed by atoms with E-state index in [1.807, 2.05) is 13.8 Å². The van der Waals surface area contributed by atoms with Crippen molar-refractivity contribution < 1.29 is 9.32 Å². The number of thioether (sulfide) groups is 1. The van der Waals surface area contributed by atoms with Crippen molar-refractivity contribution in [2.45, 2.75) is 19.6 Å². The number of anilines is 1. The Balaban J connectivity index is 1.77. The normalized spacial score (nSPS) is 10.6. The van der Waals surface area contributed by atoms with Crippen molar-refractivity contribution in [3.63, 3.8) is 0 Å². The fourth-order valence-corrected chi connectivity index (χ4v) is 2.77. The lowest BCUT2D eigenvalue weighted by Crippen LogP contribution is -2.14. The number of carbonyl (C=O) groups excluding carboxylic acids is 1. The molecule has 96 valence electrons. The summed E-state index contributed by atoms with van der Waals surface area (Å²) in [6, 6.07) is 0. The van der Waals surface area contributed by atoms with Crippen LogP contribution in [-0.2, 0) is 10.5 Å². The van der Waals surface area contributed by atoms with Gasteiger partial charge < -0.3 is 4.52 Å². The lowest BCUT2D eigenvalue weighted by molar-refractivity contribution is -0.113. The molecule has 8 heteroatoms. The Hall–Kier alpha value is -1.41. The number of nitrogens with one attached hydrogen (secondary N) is 1. The first-order valence-corrected chi connectivity index (χ1v) is 7.25. The van der Waals surface area contributed by atoms with Gasteiger partial charge in [-0.05, 0) is 13.8 Å². The van der Waals surface area contributed by atoms with Crippen LogP contribution in [-0.4, -0.2) is 27.0 Å². The van der Waals surface area contributed by atoms with Gasteiger partial charge >= 0.3 is 0 Å². The van der Waals surface area contributed by atoms with Crippen molar-refractivity contribution in [3.05, 3.63) is 22.5 Å². The maximum absolute atomic E-state index is 11.6. The maximum atomic E-state index is 11.6. The Morgan fingerprint density at radius 1 is 1.56 bits per heavy atom. The molecule has 0 aliphatic carbocycles. The van der Waals surface area contributed by atoms with Gasteiger partial charge in [0.2, 0.25) is 11.0 Å². The summed E-state index contributed by atoms with van der Waals surface area (Å²) >= 11 is 2.81. The lowest BCUT2D eigenvalue weighted by atomic mass is 10.2. The molecule has 0 radical (unpaired) electrons. The molecule has 2 aromatic heterocycles. The molecule has 0 aliphatic heterocycles. The molecule has 0 unspecified atom stereocenters. The summed E-state index contributed by atoms with van der Waals surface area (Å²) in [4.78, 5) is 11.6. The molecule has 2 aromatic rings. The van der Waals surface area contributed by atoms with E-state index >= 15 is 0 Å². The third-order valence-corrected chi connectivity index (χ3v) is 3.83. The number of carbonyl (C=O) groups is 1. The molecule has 0 saturated heterocycles. The van der Waals surface area contributed by atoms with Gasteiger partial charge in [0.1, 0.15) is 11.3 Å². The molecule has 0 bridgehead atoms. The minimum Gasteiger partial charge on any atom is -0.361 e. The number of nitrogens with zero attached hydrogens (tertiary/aromatic N) is 3. The maximum Gasteiger partial charge on any atom is 0.236 e. The highest BCUT2D eigenvalue weighted by Gasteiger charge is 2.10. The zero-order chi connectivity index (χ0) is 13.0. The van der Waals surface area contributed by atoms with Crippen LogP contribution in [0.15, 0.2) is 10.0 Å². The molecule has 0 aliphatic rings. The Kier molecular flexibility index (Phi) is 4.32. The van der Waals surface area contributed by atoms with Crippen molar-refractivity contribution in [2.24, 2.45) is 0 Å². The van der Waals surface area contributed by atoms with Crippen LogP contribution >= 0.6 is 23.1 Å². The average Bonchev–Trinajstić information content (AvgIpc) is 2.93. The van der Waals surface area contributed by atoms with Crippen LogP contribution in [0.1, 0.15) is 17.0 Å². The predicted octanol–water partition coefficient (Wildman–Crippen LogP) is 2.01. The van der Waals surface area contributed by atoms with E-state index in [1.165, 1.54) is 23.1 Å². The molecule has 0 aromatic carbocycles. The first kappa shape index (κ1) is 13.0. The van der Waals surface area contributed by atoms with Gasteiger partial charge in [-0.3, -0.25) is 10.1 Å². The van der Waals surface area contributed by atoms with E-state index in [0.717, 1.165) is 17.0 Å². The highest BCUT2D eigenvalue weighted by atomic mass is 32.2. The summed E-state index contributed by atoms with van der Waals surface area (Å²) in [6.45, 7) is 3.77. The molecular formula is C10H12N4O2S2. The number of aromatic nitrogens is 3. The second kappa shape index (κ2) is 5.96. The molecule has 1 amide bonds. The van der Waals surface area contributed by atoms with Crippen LogP contribution in [0.4, 0.5) is 5.13 Å². The minimum absolute atomic E-state index is 0.0801. The van der Waals surface area contributed by atoms with Crippen LogP contribution in [0.25, 0.3) is 0 Å². The van der Waals surface area contributed by atoms with Gasteiger partial charge in [-0.15, -0.1) is 22.0 Å². The molecule has 6 nitrogen and oxygen atoms in total. The third kappa shape index (κ3) is 3.30. The van der Waals surface area contributed by atoms with Gasteiger partial charge in [-0.2, -0.15) is 0 Å². The standard InChI is InChI=1S/C10H12N4O2S2/c1-6-8(7(2)16-14-6)3-17-4-9(15)12-10-13-11-5-18-10/h5H,3-4H2,1-2H3,(H,12,13,15). The van der Waals surface area contributed by atoms with Crippen molar-refractivity contribution >= 4 is 34.1 Å². The molecule has 0 fully saturated rings. The summed E-state index contributed by atoms with van der Waals surface area (Å²) in [5, 5.41) is 14.5. The highest BCUT2D eigenvalue weighted by Crippen LogP contribution is 2.19. The number of hydrogen-bond donors (Lipinski definition) is 1. The van der Waals surface area contributed by atoms with Crippen LogP contribution in [0.5, 0.6) is 0 Å². The van der Waals surface area contributed by atoms with Crippen molar-refractivity contribution in [1.29, 1.82) is 0 Å². The summed E-state index contributed by atoms with van der Waals surface area (Å²) in [6.07, 6.45) is 0. The van der Waals surface area contributed by atoms with Crippen LogP contribution < -0.4 is 5.32 Å². The number of hydrogen-bond acceptors (Lipinski definition) is 7. The summed E-state index contributed by atoms with van der Waals surface area (Å²) in [7, 11) is 0. The Labute approximate surface area is 112 Å². The highest BCUT2D eigenvalue weighted by molar-refractivity contribution is 7.99. The van der Waals surface area contributed by atoms with Crippen molar-refractivity contribution in [1.82, 2.24) is 15.4 Å². The van der Waals surface area contributed by atoms with Crippen molar-refractivity contribution in [3.8, 4) is 0 Å². The molecule has 0 spiro atoms. The zero-order valence-electron chi connectivity index (χ0n) is 9.97. The Bertz CT molecular complexity index is 504. The monoisotopic (exact) mass is 284 g/mol. The minimum atomic E-state index is -0.0801. The zero-order valence-corrected chi connectivity index (χ0v) is 11.6. The molecule has 0 atom stereocenters. The van der Waals surface area contributed by atoms with Crippen LogP contribution in [0.2, 0.25) is 0 Å². The molecule has 2 rings (SSSR count). The Morgan fingerprint density at radius 2 is 2.39 bits per heavy atom. The molecule has 18 heavy (non-hydrogen) atoms. The largest absolute Gasteiger partial charge is 0.361 e. The van der Waals surface area contributed by atoms with E-state index in [-0.39, 0.29) is 5.91 Å². The topological polar surface area (TPSA) is 80.9 Å². The van der Waals surface area contributed by atoms with Crippen LogP contribution in [0.3, 0.4) is 0 Å². The van der Waals surface area contributed by atoms with E-state index in [0.29, 0.717) is 16.6 Å². The average molecular weight is 284 g/mol. The van der Waals surface area contributed by atoms with Gasteiger partial charge in [0.25, 0.3) is 0 Å². The number of aryl methyl sites for hydroxylation is 2. The molecule has 2 heterocycles. The quantitative estimate of drug-likeness (QED) is 0.904. The SMILES string of the molecule is Cc1noc(C)c1CSCC(=O)Nc1nncs1. The lowest BCUT2D eigenvalue weighted by Gasteiger charge is -2.01. The fourth-order valence-electron chi connectivity index (χ4n) is 1.34. The number of rotatable bonds is 5. The van der Waals surface area contributed by atoms with Gasteiger partial charge in [-0.1, -0.05) is 16.5 Å². The second-order valence-corrected chi connectivity index (χ2v) is 5.41. The van der Waals surface area contributed by atoms with Crippen molar-refractivity contribution in [2.75, 3.05) is 11.1 Å². The summed E-state index contributed by atoms with van der Waals surface area (Å²) < 4.78 is 5.06. The first-order valence-electron chi connectivity index (χ1n) is 5.22. The first-order chi connectivity index (χ1) is 8.66. The predicted molar refractivity (Wildman–Crippen MR) is 70.7 cm³/mol.